The van der Waals surface area contributed by atoms with E-state index in [2.05, 4.69) is 5.32 Å². The molecule has 0 saturated heterocycles. The molecule has 0 aliphatic carbocycles. The minimum Gasteiger partial charge on any atom is -0.350 e. The summed E-state index contributed by atoms with van der Waals surface area (Å²) in [6.07, 6.45) is 0.757. The number of halogens is 3. The van der Waals surface area contributed by atoms with Crippen LogP contribution < -0.4 is 11.1 Å². The molecule has 124 valence electrons. The van der Waals surface area contributed by atoms with Gasteiger partial charge in [0, 0.05) is 18.4 Å². The summed E-state index contributed by atoms with van der Waals surface area (Å²) >= 11 is 0. The number of amides is 1. The van der Waals surface area contributed by atoms with Crippen LogP contribution in [-0.4, -0.2) is 30.7 Å². The van der Waals surface area contributed by atoms with Crippen LogP contribution in [0.3, 0.4) is 0 Å². The first kappa shape index (κ1) is 20.5. The number of benzene rings is 1. The zero-order chi connectivity index (χ0) is 15.9. The maximum atomic E-state index is 12.8. The van der Waals surface area contributed by atoms with Crippen LogP contribution in [0.5, 0.6) is 0 Å². The molecule has 0 atom stereocenters. The maximum Gasteiger partial charge on any atom is 0.277 e. The van der Waals surface area contributed by atoms with Gasteiger partial charge in [-0.1, -0.05) is 31.2 Å². The van der Waals surface area contributed by atoms with Crippen molar-refractivity contribution in [1.82, 2.24) is 5.32 Å². The predicted octanol–water partition coefficient (Wildman–Crippen LogP) is 2.34. The predicted molar refractivity (Wildman–Crippen MR) is 83.6 cm³/mol. The highest BCUT2D eigenvalue weighted by Gasteiger charge is 2.27. The first-order chi connectivity index (χ1) is 9.88. The Bertz CT molecular complexity index is 493. The Kier molecular flexibility index (Phi) is 8.82. The lowest BCUT2D eigenvalue weighted by Crippen LogP contribution is -2.41. The second kappa shape index (κ2) is 9.48. The Balaban J connectivity index is 0.00000441. The van der Waals surface area contributed by atoms with E-state index in [0.717, 1.165) is 12.0 Å². The van der Waals surface area contributed by atoms with E-state index < -0.39 is 24.9 Å². The monoisotopic (exact) mass is 334 g/mol. The molecule has 0 spiro atoms. The number of carbonyl (C=O) groups excluding carboxylic acids is 2. The number of rotatable bonds is 8. The van der Waals surface area contributed by atoms with Gasteiger partial charge in [-0.2, -0.15) is 0 Å². The molecule has 4 nitrogen and oxygen atoms in total. The summed E-state index contributed by atoms with van der Waals surface area (Å²) in [6.45, 7) is 0.385. The highest BCUT2D eigenvalue weighted by molar-refractivity contribution is 5.97. The van der Waals surface area contributed by atoms with Crippen molar-refractivity contribution >= 4 is 24.1 Å². The Morgan fingerprint density at radius 2 is 1.77 bits per heavy atom. The van der Waals surface area contributed by atoms with Crippen molar-refractivity contribution in [2.24, 2.45) is 5.73 Å². The third-order valence-electron chi connectivity index (χ3n) is 3.11. The molecule has 0 unspecified atom stereocenters. The number of carbonyl (C=O) groups is 2. The van der Waals surface area contributed by atoms with Gasteiger partial charge >= 0.3 is 0 Å². The fourth-order valence-electron chi connectivity index (χ4n) is 1.69. The zero-order valence-corrected chi connectivity index (χ0v) is 13.2. The number of hydrogen-bond acceptors (Lipinski definition) is 3. The molecule has 1 amide bonds. The lowest BCUT2D eigenvalue weighted by atomic mass is 10.0. The SMILES string of the molecule is CCc1ccc(C(=O)CCC(=O)NCC(F)(F)CN)cc1.Cl. The highest BCUT2D eigenvalue weighted by atomic mass is 35.5. The third kappa shape index (κ3) is 6.95. The van der Waals surface area contributed by atoms with Gasteiger partial charge in [-0.3, -0.25) is 9.59 Å². The summed E-state index contributed by atoms with van der Waals surface area (Å²) in [4.78, 5) is 23.3. The van der Waals surface area contributed by atoms with Gasteiger partial charge in [0.15, 0.2) is 5.78 Å². The molecular weight excluding hydrogens is 314 g/mol. The van der Waals surface area contributed by atoms with Crippen LogP contribution in [0, 0.1) is 0 Å². The van der Waals surface area contributed by atoms with Crippen molar-refractivity contribution in [2.45, 2.75) is 32.1 Å². The molecule has 0 radical (unpaired) electrons. The molecule has 22 heavy (non-hydrogen) atoms. The number of ketones is 1. The van der Waals surface area contributed by atoms with E-state index in [-0.39, 0.29) is 31.0 Å². The van der Waals surface area contributed by atoms with Crippen molar-refractivity contribution < 1.29 is 18.4 Å². The van der Waals surface area contributed by atoms with Crippen molar-refractivity contribution in [3.63, 3.8) is 0 Å². The van der Waals surface area contributed by atoms with Gasteiger partial charge in [0.05, 0.1) is 13.1 Å². The van der Waals surface area contributed by atoms with E-state index in [4.69, 9.17) is 5.73 Å². The van der Waals surface area contributed by atoms with E-state index >= 15 is 0 Å². The Hall–Kier alpha value is -1.53. The quantitative estimate of drug-likeness (QED) is 0.717. The minimum absolute atomic E-state index is 0. The molecular formula is C15H21ClF2N2O2. The average molecular weight is 335 g/mol. The van der Waals surface area contributed by atoms with Gasteiger partial charge in [-0.05, 0) is 12.0 Å². The first-order valence-corrected chi connectivity index (χ1v) is 6.84. The van der Waals surface area contributed by atoms with Crippen molar-refractivity contribution in [2.75, 3.05) is 13.1 Å². The van der Waals surface area contributed by atoms with Crippen LogP contribution in [0.15, 0.2) is 24.3 Å². The first-order valence-electron chi connectivity index (χ1n) is 6.84. The smallest absolute Gasteiger partial charge is 0.277 e. The molecule has 0 fully saturated rings. The number of aryl methyl sites for hydroxylation is 1. The van der Waals surface area contributed by atoms with E-state index in [0.29, 0.717) is 5.56 Å². The maximum absolute atomic E-state index is 12.8. The number of alkyl halides is 2. The normalized spacial score (nSPS) is 10.7. The summed E-state index contributed by atoms with van der Waals surface area (Å²) in [7, 11) is 0. The van der Waals surface area contributed by atoms with Crippen LogP contribution in [0.2, 0.25) is 0 Å². The summed E-state index contributed by atoms with van der Waals surface area (Å²) in [5, 5.41) is 2.08. The van der Waals surface area contributed by atoms with Crippen molar-refractivity contribution in [3.05, 3.63) is 35.4 Å². The highest BCUT2D eigenvalue weighted by Crippen LogP contribution is 2.10. The average Bonchev–Trinajstić information content (AvgIpc) is 2.50. The second-order valence-corrected chi connectivity index (χ2v) is 4.81. The van der Waals surface area contributed by atoms with E-state index in [1.54, 1.807) is 12.1 Å². The second-order valence-electron chi connectivity index (χ2n) is 4.81. The molecule has 1 aromatic carbocycles. The zero-order valence-electron chi connectivity index (χ0n) is 12.4. The molecule has 0 saturated carbocycles. The molecule has 0 heterocycles. The van der Waals surface area contributed by atoms with Crippen molar-refractivity contribution in [1.29, 1.82) is 0 Å². The number of hydrogen-bond donors (Lipinski definition) is 2. The summed E-state index contributed by atoms with van der Waals surface area (Å²) in [5.74, 6) is -3.88. The largest absolute Gasteiger partial charge is 0.350 e. The van der Waals surface area contributed by atoms with Gasteiger partial charge < -0.3 is 11.1 Å². The van der Waals surface area contributed by atoms with Crippen LogP contribution >= 0.6 is 12.4 Å². The fraction of sp³-hybridized carbons (Fsp3) is 0.467. The van der Waals surface area contributed by atoms with Crippen LogP contribution in [0.25, 0.3) is 0 Å². The molecule has 1 aromatic rings. The Morgan fingerprint density at radius 1 is 1.18 bits per heavy atom. The van der Waals surface area contributed by atoms with Gasteiger partial charge in [0.2, 0.25) is 5.91 Å². The lowest BCUT2D eigenvalue weighted by molar-refractivity contribution is -0.122. The number of nitrogens with two attached hydrogens (primary N) is 1. The Labute approximate surface area is 134 Å². The molecule has 1 rings (SSSR count). The van der Waals surface area contributed by atoms with E-state index in [9.17, 15) is 18.4 Å². The lowest BCUT2D eigenvalue weighted by Gasteiger charge is -2.14. The molecule has 0 aliphatic rings. The summed E-state index contributed by atoms with van der Waals surface area (Å²) in [5.41, 5.74) is 6.50. The van der Waals surface area contributed by atoms with E-state index in [1.165, 1.54) is 0 Å². The summed E-state index contributed by atoms with van der Waals surface area (Å²) < 4.78 is 25.7. The molecule has 0 bridgehead atoms. The van der Waals surface area contributed by atoms with Crippen LogP contribution in [0.1, 0.15) is 35.7 Å². The number of nitrogens with one attached hydrogen (secondary N) is 1. The fourth-order valence-corrected chi connectivity index (χ4v) is 1.69. The van der Waals surface area contributed by atoms with E-state index in [1.807, 2.05) is 19.1 Å². The minimum atomic E-state index is -3.12. The topological polar surface area (TPSA) is 72.2 Å². The number of Topliss-reactive ketones (excluding diaryl/α,β-unsaturated/α-hetero) is 1. The molecule has 0 aromatic heterocycles. The van der Waals surface area contributed by atoms with Crippen LogP contribution in [-0.2, 0) is 11.2 Å². The standard InChI is InChI=1S/C15H20F2N2O2.ClH/c1-2-11-3-5-12(6-4-11)13(20)7-8-14(21)19-10-15(16,17)9-18;/h3-6H,2,7-10,18H2,1H3,(H,19,21);1H. The molecule has 7 heteroatoms. The van der Waals surface area contributed by atoms with Gasteiger partial charge in [0.25, 0.3) is 5.92 Å². The third-order valence-corrected chi connectivity index (χ3v) is 3.11. The van der Waals surface area contributed by atoms with Gasteiger partial charge in [-0.25, -0.2) is 8.78 Å². The van der Waals surface area contributed by atoms with Crippen molar-refractivity contribution in [3.8, 4) is 0 Å². The van der Waals surface area contributed by atoms with Gasteiger partial charge in [-0.15, -0.1) is 12.4 Å². The van der Waals surface area contributed by atoms with Gasteiger partial charge in [0.1, 0.15) is 0 Å². The molecule has 3 N–H and O–H groups in total. The van der Waals surface area contributed by atoms with Crippen LogP contribution in [0.4, 0.5) is 8.78 Å². The Morgan fingerprint density at radius 3 is 2.27 bits per heavy atom. The summed E-state index contributed by atoms with van der Waals surface area (Å²) in [6, 6.07) is 7.13. The molecule has 0 aliphatic heterocycles.